The first-order valence-corrected chi connectivity index (χ1v) is 6.25. The van der Waals surface area contributed by atoms with Crippen LogP contribution in [-0.2, 0) is 14.3 Å². The molecule has 1 aliphatic heterocycles. The predicted octanol–water partition coefficient (Wildman–Crippen LogP) is 1.33. The summed E-state index contributed by atoms with van der Waals surface area (Å²) in [7, 11) is 2.04. The molecular weight excluding hydrogens is 242 g/mol. The fourth-order valence-corrected chi connectivity index (χ4v) is 1.67. The third-order valence-electron chi connectivity index (χ3n) is 2.55. The molecule has 0 radical (unpaired) electrons. The fraction of sp³-hybridized carbons (Fsp3) is 0.467. The van der Waals surface area contributed by atoms with Gasteiger partial charge >= 0.3 is 5.97 Å². The maximum absolute atomic E-state index is 11.5. The number of ketones is 1. The highest BCUT2D eigenvalue weighted by molar-refractivity contribution is 5.93. The summed E-state index contributed by atoms with van der Waals surface area (Å²) in [4.78, 5) is 24.4. The average molecular weight is 261 g/mol. The topological polar surface area (TPSA) is 46.6 Å². The molecule has 0 saturated carbocycles. The molecule has 0 saturated heterocycles. The van der Waals surface area contributed by atoms with E-state index in [0.29, 0.717) is 0 Å². The van der Waals surface area contributed by atoms with Crippen molar-refractivity contribution in [3.05, 3.63) is 23.8 Å². The number of rotatable bonds is 3. The Kier molecular flexibility index (Phi) is 6.04. The highest BCUT2D eigenvalue weighted by Gasteiger charge is 2.07. The third kappa shape index (κ3) is 6.58. The van der Waals surface area contributed by atoms with Crippen LogP contribution in [0.1, 0.15) is 20.3 Å². The first-order valence-electron chi connectivity index (χ1n) is 6.25. The van der Waals surface area contributed by atoms with Crippen molar-refractivity contribution in [1.29, 1.82) is 0 Å². The van der Waals surface area contributed by atoms with Gasteiger partial charge in [0, 0.05) is 26.1 Å². The fourth-order valence-electron chi connectivity index (χ4n) is 1.67. The van der Waals surface area contributed by atoms with Crippen molar-refractivity contribution in [3.8, 4) is 11.8 Å². The first-order chi connectivity index (χ1) is 8.97. The van der Waals surface area contributed by atoms with E-state index in [9.17, 15) is 9.59 Å². The quantitative estimate of drug-likeness (QED) is 0.333. The van der Waals surface area contributed by atoms with Crippen molar-refractivity contribution in [2.75, 3.05) is 20.1 Å². The molecule has 0 N–H and O–H groups in total. The molecule has 0 bridgehead atoms. The molecule has 19 heavy (non-hydrogen) atoms. The van der Waals surface area contributed by atoms with Gasteiger partial charge in [-0.15, -0.1) is 0 Å². The molecule has 102 valence electrons. The van der Waals surface area contributed by atoms with Crippen LogP contribution in [0.2, 0.25) is 0 Å². The minimum absolute atomic E-state index is 0.242. The number of ether oxygens (including phenoxy) is 1. The SMILES string of the molecule is CC(=O)C#CC(C)OC(=O)/C=C/C1=CCCN(C)C1. The van der Waals surface area contributed by atoms with E-state index in [1.807, 2.05) is 7.05 Å². The first kappa shape index (κ1) is 15.2. The average Bonchev–Trinajstić information content (AvgIpc) is 2.34. The van der Waals surface area contributed by atoms with E-state index >= 15 is 0 Å². The Morgan fingerprint density at radius 2 is 2.26 bits per heavy atom. The van der Waals surface area contributed by atoms with Crippen LogP contribution in [0.15, 0.2) is 23.8 Å². The minimum atomic E-state index is -0.580. The van der Waals surface area contributed by atoms with Crippen molar-refractivity contribution in [3.63, 3.8) is 0 Å². The Morgan fingerprint density at radius 3 is 2.89 bits per heavy atom. The Morgan fingerprint density at radius 1 is 1.53 bits per heavy atom. The van der Waals surface area contributed by atoms with Gasteiger partial charge in [0.05, 0.1) is 0 Å². The van der Waals surface area contributed by atoms with Crippen molar-refractivity contribution < 1.29 is 14.3 Å². The molecule has 1 atom stereocenters. The van der Waals surface area contributed by atoms with Crippen molar-refractivity contribution in [2.45, 2.75) is 26.4 Å². The Bertz CT molecular complexity index is 466. The Balaban J connectivity index is 2.45. The molecular formula is C15H19NO3. The Hall–Kier alpha value is -1.86. The molecule has 1 heterocycles. The molecule has 0 aromatic rings. The van der Waals surface area contributed by atoms with Gasteiger partial charge in [0.15, 0.2) is 6.10 Å². The molecule has 0 aromatic carbocycles. The smallest absolute Gasteiger partial charge is 0.331 e. The Labute approximate surface area is 114 Å². The second kappa shape index (κ2) is 7.55. The molecule has 1 aliphatic rings. The minimum Gasteiger partial charge on any atom is -0.446 e. The van der Waals surface area contributed by atoms with Crippen LogP contribution < -0.4 is 0 Å². The van der Waals surface area contributed by atoms with Gasteiger partial charge in [-0.3, -0.25) is 4.79 Å². The van der Waals surface area contributed by atoms with E-state index in [1.165, 1.54) is 13.0 Å². The van der Waals surface area contributed by atoms with Gasteiger partial charge in [-0.1, -0.05) is 18.1 Å². The standard InChI is InChI=1S/C15H19NO3/c1-12(17)6-7-13(2)19-15(18)9-8-14-5-4-10-16(3)11-14/h5,8-9,13H,4,10-11H2,1-3H3/b9-8+. The van der Waals surface area contributed by atoms with E-state index in [-0.39, 0.29) is 5.78 Å². The summed E-state index contributed by atoms with van der Waals surface area (Å²) in [5.74, 6) is 4.23. The van der Waals surface area contributed by atoms with Gasteiger partial charge in [-0.25, -0.2) is 4.79 Å². The van der Waals surface area contributed by atoms with E-state index < -0.39 is 12.1 Å². The van der Waals surface area contributed by atoms with Gasteiger partial charge in [-0.05, 0) is 31.9 Å². The lowest BCUT2D eigenvalue weighted by Gasteiger charge is -2.20. The third-order valence-corrected chi connectivity index (χ3v) is 2.55. The number of carbonyl (C=O) groups is 2. The van der Waals surface area contributed by atoms with Crippen LogP contribution in [0.3, 0.4) is 0 Å². The van der Waals surface area contributed by atoms with Gasteiger partial charge in [0.2, 0.25) is 5.78 Å². The zero-order valence-corrected chi connectivity index (χ0v) is 11.6. The summed E-state index contributed by atoms with van der Waals surface area (Å²) in [5.41, 5.74) is 1.10. The highest BCUT2D eigenvalue weighted by Crippen LogP contribution is 2.08. The number of carbonyl (C=O) groups excluding carboxylic acids is 2. The lowest BCUT2D eigenvalue weighted by molar-refractivity contribution is -0.139. The largest absolute Gasteiger partial charge is 0.446 e. The molecule has 4 heteroatoms. The van der Waals surface area contributed by atoms with Crippen LogP contribution in [0.25, 0.3) is 0 Å². The van der Waals surface area contributed by atoms with Gasteiger partial charge in [0.25, 0.3) is 0 Å². The molecule has 0 fully saturated rings. The zero-order valence-electron chi connectivity index (χ0n) is 11.6. The summed E-state index contributed by atoms with van der Waals surface area (Å²) >= 11 is 0. The summed E-state index contributed by atoms with van der Waals surface area (Å²) in [6, 6.07) is 0. The molecule has 1 rings (SSSR count). The zero-order chi connectivity index (χ0) is 14.3. The van der Waals surface area contributed by atoms with Crippen LogP contribution in [0.4, 0.5) is 0 Å². The highest BCUT2D eigenvalue weighted by atomic mass is 16.5. The van der Waals surface area contributed by atoms with E-state index in [4.69, 9.17) is 4.74 Å². The van der Waals surface area contributed by atoms with Gasteiger partial charge in [-0.2, -0.15) is 0 Å². The van der Waals surface area contributed by atoms with Crippen LogP contribution in [-0.4, -0.2) is 42.9 Å². The van der Waals surface area contributed by atoms with Crippen LogP contribution in [0, 0.1) is 11.8 Å². The van der Waals surface area contributed by atoms with Crippen LogP contribution in [0.5, 0.6) is 0 Å². The number of nitrogens with zero attached hydrogens (tertiary/aromatic N) is 1. The van der Waals surface area contributed by atoms with E-state index in [2.05, 4.69) is 22.8 Å². The lowest BCUT2D eigenvalue weighted by atomic mass is 10.1. The van der Waals surface area contributed by atoms with Crippen molar-refractivity contribution in [2.24, 2.45) is 0 Å². The maximum Gasteiger partial charge on any atom is 0.331 e. The number of hydrogen-bond donors (Lipinski definition) is 0. The molecule has 0 amide bonds. The summed E-state index contributed by atoms with van der Waals surface area (Å²) in [6.07, 6.45) is 5.69. The predicted molar refractivity (Wildman–Crippen MR) is 73.3 cm³/mol. The lowest BCUT2D eigenvalue weighted by Crippen LogP contribution is -2.25. The molecule has 0 aromatic heterocycles. The van der Waals surface area contributed by atoms with Crippen molar-refractivity contribution in [1.82, 2.24) is 4.90 Å². The number of esters is 1. The molecule has 0 spiro atoms. The molecule has 0 aliphatic carbocycles. The number of likely N-dealkylation sites (N-methyl/N-ethyl adjacent to an activating group) is 1. The van der Waals surface area contributed by atoms with Crippen LogP contribution >= 0.6 is 0 Å². The summed E-state index contributed by atoms with van der Waals surface area (Å²) < 4.78 is 5.03. The summed E-state index contributed by atoms with van der Waals surface area (Å²) in [5, 5.41) is 0. The number of Topliss-reactive ketones (excluding diaryl/α,β-unsaturated/α-hetero) is 1. The van der Waals surface area contributed by atoms with E-state index in [1.54, 1.807) is 13.0 Å². The van der Waals surface area contributed by atoms with E-state index in [0.717, 1.165) is 25.1 Å². The molecule has 4 nitrogen and oxygen atoms in total. The van der Waals surface area contributed by atoms with Crippen molar-refractivity contribution >= 4 is 11.8 Å². The number of hydrogen-bond acceptors (Lipinski definition) is 4. The monoisotopic (exact) mass is 261 g/mol. The molecule has 1 unspecified atom stereocenters. The second-order valence-electron chi connectivity index (χ2n) is 4.54. The normalized spacial score (nSPS) is 17.3. The maximum atomic E-state index is 11.5. The van der Waals surface area contributed by atoms with Gasteiger partial charge < -0.3 is 9.64 Å². The van der Waals surface area contributed by atoms with Gasteiger partial charge in [0.1, 0.15) is 0 Å². The summed E-state index contributed by atoms with van der Waals surface area (Å²) in [6.45, 7) is 4.88. The second-order valence-corrected chi connectivity index (χ2v) is 4.54.